The Hall–Kier alpha value is -5.43. The highest BCUT2D eigenvalue weighted by Crippen LogP contribution is 2.41. The number of sulfonamides is 1. The summed E-state index contributed by atoms with van der Waals surface area (Å²) in [5.41, 5.74) is 4.37. The molecule has 0 saturated heterocycles. The zero-order valence-corrected chi connectivity index (χ0v) is 25.9. The maximum Gasteiger partial charge on any atom is 0.255 e. The average Bonchev–Trinajstić information content (AvgIpc) is 3.62. The number of alkyl halides is 1. The van der Waals surface area contributed by atoms with Crippen LogP contribution in [0.4, 0.5) is 14.5 Å². The van der Waals surface area contributed by atoms with E-state index in [1.807, 2.05) is 0 Å². The Morgan fingerprint density at radius 2 is 1.85 bits per heavy atom. The van der Waals surface area contributed by atoms with Gasteiger partial charge >= 0.3 is 0 Å². The number of anilines is 1. The standard InChI is InChI=1S/C33H26F2N6O4S/c1-17(34)23-9-8-18(15-37-23)32-30(33(42)36-2)21-12-20(27(14-29(21)45-32)40(3)46(4,43)44)24-10-11-25-31(39-24)28-13-19-22(35)6-5-7-26(19)41(28)16-38-25/h5-17H,1-4H3,(H,36,42). The lowest BCUT2D eigenvalue weighted by Gasteiger charge is -2.20. The maximum absolute atomic E-state index is 14.7. The fourth-order valence-electron chi connectivity index (χ4n) is 5.64. The number of hydrogen-bond donors (Lipinski definition) is 1. The summed E-state index contributed by atoms with van der Waals surface area (Å²) in [4.78, 5) is 26.9. The number of furan rings is 1. The second-order valence-corrected chi connectivity index (χ2v) is 13.0. The molecule has 13 heteroatoms. The van der Waals surface area contributed by atoms with Crippen molar-refractivity contribution in [2.45, 2.75) is 13.1 Å². The first-order valence-corrected chi connectivity index (χ1v) is 16.0. The topological polar surface area (TPSA) is 123 Å². The number of benzene rings is 2. The highest BCUT2D eigenvalue weighted by atomic mass is 32.2. The van der Waals surface area contributed by atoms with Crippen LogP contribution in [0.1, 0.15) is 29.1 Å². The molecule has 0 aliphatic heterocycles. The van der Waals surface area contributed by atoms with Gasteiger partial charge in [0.05, 0.1) is 45.4 Å². The summed E-state index contributed by atoms with van der Waals surface area (Å²) in [5.74, 6) is -0.648. The zero-order valence-electron chi connectivity index (χ0n) is 25.0. The zero-order chi connectivity index (χ0) is 32.5. The van der Waals surface area contributed by atoms with Crippen LogP contribution in [0.3, 0.4) is 0 Å². The van der Waals surface area contributed by atoms with E-state index in [-0.39, 0.29) is 34.1 Å². The molecular formula is C33H26F2N6O4S. The highest BCUT2D eigenvalue weighted by molar-refractivity contribution is 7.92. The second kappa shape index (κ2) is 10.6. The number of carbonyl (C=O) groups is 1. The summed E-state index contributed by atoms with van der Waals surface area (Å²) in [6, 6.07) is 16.3. The van der Waals surface area contributed by atoms with Crippen molar-refractivity contribution in [3.63, 3.8) is 0 Å². The van der Waals surface area contributed by atoms with Crippen LogP contribution >= 0.6 is 0 Å². The van der Waals surface area contributed by atoms with Crippen LogP contribution in [0.15, 0.2) is 77.6 Å². The molecule has 1 N–H and O–H groups in total. The molecule has 0 spiro atoms. The number of halogens is 2. The summed E-state index contributed by atoms with van der Waals surface area (Å²) in [5, 5.41) is 3.44. The first-order valence-electron chi connectivity index (χ1n) is 14.2. The largest absolute Gasteiger partial charge is 0.455 e. The van der Waals surface area contributed by atoms with Crippen LogP contribution in [0.5, 0.6) is 0 Å². The van der Waals surface area contributed by atoms with E-state index in [1.54, 1.807) is 59.3 Å². The maximum atomic E-state index is 14.7. The first-order chi connectivity index (χ1) is 22.0. The lowest BCUT2D eigenvalue weighted by Crippen LogP contribution is -2.25. The number of pyridine rings is 2. The lowest BCUT2D eigenvalue weighted by atomic mass is 10.0. The fraction of sp³-hybridized carbons (Fsp3) is 0.152. The van der Waals surface area contributed by atoms with E-state index in [0.29, 0.717) is 49.7 Å². The normalized spacial score (nSPS) is 12.7. The van der Waals surface area contributed by atoms with Crippen LogP contribution < -0.4 is 9.62 Å². The van der Waals surface area contributed by atoms with Crippen LogP contribution in [0.2, 0.25) is 0 Å². The van der Waals surface area contributed by atoms with E-state index in [1.165, 1.54) is 39.3 Å². The van der Waals surface area contributed by atoms with Crippen LogP contribution in [0, 0.1) is 5.82 Å². The molecule has 2 aromatic carbocycles. The number of hydrogen-bond acceptors (Lipinski definition) is 7. The van der Waals surface area contributed by atoms with Crippen molar-refractivity contribution in [2.24, 2.45) is 0 Å². The van der Waals surface area contributed by atoms with Gasteiger partial charge in [-0.3, -0.25) is 18.5 Å². The first kappa shape index (κ1) is 29.3. The number of fused-ring (bicyclic) bond motifs is 6. The Morgan fingerprint density at radius 1 is 1.04 bits per heavy atom. The van der Waals surface area contributed by atoms with E-state index in [2.05, 4.69) is 15.3 Å². The van der Waals surface area contributed by atoms with Gasteiger partial charge in [-0.25, -0.2) is 27.2 Å². The van der Waals surface area contributed by atoms with Gasteiger partial charge in [0.25, 0.3) is 5.91 Å². The molecule has 5 heterocycles. The molecule has 5 aromatic heterocycles. The molecule has 0 aliphatic rings. The van der Waals surface area contributed by atoms with Crippen molar-refractivity contribution in [1.29, 1.82) is 0 Å². The SMILES string of the molecule is CNC(=O)c1c(-c2ccc(C(C)F)nc2)oc2cc(N(C)S(C)(=O)=O)c(-c3ccc4ncn5c6cccc(F)c6cc5c4n3)cc12. The van der Waals surface area contributed by atoms with Crippen molar-refractivity contribution < 1.29 is 26.4 Å². The van der Waals surface area contributed by atoms with Gasteiger partial charge in [-0.1, -0.05) is 6.07 Å². The van der Waals surface area contributed by atoms with E-state index >= 15 is 0 Å². The number of rotatable bonds is 6. The smallest absolute Gasteiger partial charge is 0.255 e. The van der Waals surface area contributed by atoms with Gasteiger partial charge in [0, 0.05) is 48.3 Å². The van der Waals surface area contributed by atoms with E-state index in [9.17, 15) is 22.0 Å². The lowest BCUT2D eigenvalue weighted by molar-refractivity contribution is 0.0964. The van der Waals surface area contributed by atoms with Crippen LogP contribution in [-0.2, 0) is 10.0 Å². The summed E-state index contributed by atoms with van der Waals surface area (Å²) in [6.07, 6.45) is 2.82. The monoisotopic (exact) mass is 640 g/mol. The van der Waals surface area contributed by atoms with Gasteiger partial charge in [-0.2, -0.15) is 0 Å². The molecule has 0 aliphatic carbocycles. The second-order valence-electron chi connectivity index (χ2n) is 11.0. The average molecular weight is 641 g/mol. The van der Waals surface area contributed by atoms with Gasteiger partial charge < -0.3 is 9.73 Å². The predicted octanol–water partition coefficient (Wildman–Crippen LogP) is 6.44. The third kappa shape index (κ3) is 4.62. The van der Waals surface area contributed by atoms with Gasteiger partial charge in [0.1, 0.15) is 35.2 Å². The van der Waals surface area contributed by atoms with Gasteiger partial charge in [-0.05, 0) is 55.5 Å². The van der Waals surface area contributed by atoms with E-state index < -0.39 is 22.1 Å². The molecule has 1 unspecified atom stereocenters. The molecule has 7 rings (SSSR count). The van der Waals surface area contributed by atoms with Crippen molar-refractivity contribution >= 4 is 60.0 Å². The molecular weight excluding hydrogens is 614 g/mol. The van der Waals surface area contributed by atoms with Crippen LogP contribution in [0.25, 0.3) is 61.0 Å². The van der Waals surface area contributed by atoms with Gasteiger partial charge in [-0.15, -0.1) is 0 Å². The third-order valence-corrected chi connectivity index (χ3v) is 9.28. The summed E-state index contributed by atoms with van der Waals surface area (Å²) in [6.45, 7) is 1.37. The van der Waals surface area contributed by atoms with Crippen molar-refractivity contribution in [1.82, 2.24) is 24.7 Å². The molecule has 232 valence electrons. The molecule has 7 aromatic rings. The number of carbonyl (C=O) groups excluding carboxylic acids is 1. The van der Waals surface area contributed by atoms with E-state index in [4.69, 9.17) is 9.40 Å². The number of nitrogens with one attached hydrogen (secondary N) is 1. The number of aromatic nitrogens is 4. The minimum Gasteiger partial charge on any atom is -0.455 e. The summed E-state index contributed by atoms with van der Waals surface area (Å²) >= 11 is 0. The molecule has 0 bridgehead atoms. The fourth-order valence-corrected chi connectivity index (χ4v) is 6.15. The third-order valence-electron chi connectivity index (χ3n) is 8.09. The van der Waals surface area contributed by atoms with Crippen LogP contribution in [-0.4, -0.2) is 54.0 Å². The number of amides is 1. The minimum atomic E-state index is -3.76. The Bertz CT molecular complexity index is 2470. The molecule has 1 atom stereocenters. The highest BCUT2D eigenvalue weighted by Gasteiger charge is 2.27. The Balaban J connectivity index is 1.52. The van der Waals surface area contributed by atoms with E-state index in [0.717, 1.165) is 10.6 Å². The predicted molar refractivity (Wildman–Crippen MR) is 173 cm³/mol. The van der Waals surface area contributed by atoms with Gasteiger partial charge in [0.15, 0.2) is 0 Å². The van der Waals surface area contributed by atoms with Crippen molar-refractivity contribution in [3.05, 3.63) is 90.3 Å². The summed E-state index contributed by atoms with van der Waals surface area (Å²) in [7, 11) is -0.869. The summed E-state index contributed by atoms with van der Waals surface area (Å²) < 4.78 is 63.2. The molecule has 1 amide bonds. The van der Waals surface area contributed by atoms with Crippen molar-refractivity contribution in [3.8, 4) is 22.6 Å². The molecule has 10 nitrogen and oxygen atoms in total. The molecule has 0 fully saturated rings. The minimum absolute atomic E-state index is 0.185. The molecule has 0 radical (unpaired) electrons. The quantitative estimate of drug-likeness (QED) is 0.222. The Morgan fingerprint density at radius 3 is 2.54 bits per heavy atom. The number of nitrogens with zero attached hydrogens (tertiary/aromatic N) is 5. The molecule has 46 heavy (non-hydrogen) atoms. The Kier molecular flexibility index (Phi) is 6.74. The molecule has 0 saturated carbocycles. The van der Waals surface area contributed by atoms with Gasteiger partial charge in [0.2, 0.25) is 10.0 Å². The van der Waals surface area contributed by atoms with Crippen molar-refractivity contribution in [2.75, 3.05) is 24.7 Å². The Labute approximate surface area is 261 Å².